The van der Waals surface area contributed by atoms with Crippen LogP contribution in [0.25, 0.3) is 11.0 Å². The molecule has 6 heteroatoms. The fourth-order valence-electron chi connectivity index (χ4n) is 4.01. The predicted octanol–water partition coefficient (Wildman–Crippen LogP) is 4.60. The van der Waals surface area contributed by atoms with E-state index >= 15 is 0 Å². The number of aromatic nitrogens is 2. The van der Waals surface area contributed by atoms with Crippen molar-refractivity contribution >= 4 is 16.9 Å². The Morgan fingerprint density at radius 2 is 2.25 bits per heavy atom. The first kappa shape index (κ1) is 11.4. The van der Waals surface area contributed by atoms with Crippen molar-refractivity contribution < 1.29 is 32.1 Å². The van der Waals surface area contributed by atoms with Gasteiger partial charge in [0, 0.05) is 43.6 Å². The molecule has 0 aliphatic heterocycles. The molecule has 0 radical (unpaired) electrons. The molecule has 0 unspecified atom stereocenters. The van der Waals surface area contributed by atoms with Crippen LogP contribution in [0.1, 0.15) is 73.7 Å². The van der Waals surface area contributed by atoms with Crippen molar-refractivity contribution in [1.82, 2.24) is 14.9 Å². The van der Waals surface area contributed by atoms with Gasteiger partial charge in [0.2, 0.25) is 5.91 Å². The van der Waals surface area contributed by atoms with Crippen LogP contribution in [0.5, 0.6) is 0 Å². The van der Waals surface area contributed by atoms with Crippen molar-refractivity contribution in [2.45, 2.75) is 57.3 Å². The topological polar surface area (TPSA) is 69.2 Å². The number of amides is 1. The third kappa shape index (κ3) is 4.56. The Balaban J connectivity index is 1.84. The number of H-pyrrole nitrogens is 1. The molecule has 2 N–H and O–H groups in total. The minimum Gasteiger partial charge on any atom is -0.389 e. The van der Waals surface area contributed by atoms with Gasteiger partial charge >= 0.3 is 0 Å². The highest BCUT2D eigenvalue weighted by Gasteiger charge is 2.45. The highest BCUT2D eigenvalue weighted by Crippen LogP contribution is 2.45. The number of aromatic amines is 1. The smallest absolute Gasteiger partial charge is 0.225 e. The summed E-state index contributed by atoms with van der Waals surface area (Å²) < 4.78 is 124. The van der Waals surface area contributed by atoms with Crippen LogP contribution in [0.2, 0.25) is 0 Å². The van der Waals surface area contributed by atoms with Gasteiger partial charge < -0.3 is 15.0 Å². The maximum atomic E-state index is 14.2. The van der Waals surface area contributed by atoms with E-state index in [1.807, 2.05) is 0 Å². The summed E-state index contributed by atoms with van der Waals surface area (Å²) in [5, 5.41) is 12.0. The Hall–Kier alpha value is -2.73. The van der Waals surface area contributed by atoms with E-state index in [1.54, 1.807) is 12.1 Å². The quantitative estimate of drug-likeness (QED) is 0.553. The standard InChI is InChI=1S/C26H32FN3O2/c1-17(2)25-20-11-10-19(27)15-18(20)12-13-26(25,32)16-24(31)30(3)14-6-9-23-28-21-7-4-5-8-22(21)29-23/h4-5,7-8,10-11,15,17,25,32H,6,9,12-14,16H2,1-3H3,(H,28,29)/t25-,26-/m0/s1/i3D3,6D2,9D2,12D2,13D2,14D2. The highest BCUT2D eigenvalue weighted by atomic mass is 19.1. The molecule has 1 heterocycles. The van der Waals surface area contributed by atoms with Gasteiger partial charge in [-0.1, -0.05) is 32.0 Å². The number of aliphatic hydroxyl groups is 1. The Morgan fingerprint density at radius 1 is 1.44 bits per heavy atom. The van der Waals surface area contributed by atoms with Gasteiger partial charge in [0.05, 0.1) is 23.1 Å². The number of hydrogen-bond acceptors (Lipinski definition) is 3. The first-order valence-electron chi connectivity index (χ1n) is 16.6. The van der Waals surface area contributed by atoms with Crippen LogP contribution in [0.3, 0.4) is 0 Å². The molecule has 4 rings (SSSR count). The average molecular weight is 451 g/mol. The van der Waals surface area contributed by atoms with E-state index in [4.69, 9.17) is 17.8 Å². The van der Waals surface area contributed by atoms with E-state index < -0.39 is 90.8 Å². The summed E-state index contributed by atoms with van der Waals surface area (Å²) in [6.07, 6.45) is -15.3. The first-order valence-corrected chi connectivity index (χ1v) is 10.1. The number of halogens is 1. The van der Waals surface area contributed by atoms with E-state index in [0.29, 0.717) is 0 Å². The number of carbonyl (C=O) groups is 1. The molecule has 0 fully saturated rings. The summed E-state index contributed by atoms with van der Waals surface area (Å²) in [5.74, 6) is -5.64. The summed E-state index contributed by atoms with van der Waals surface area (Å²) in [4.78, 5) is 19.9. The first-order chi connectivity index (χ1) is 20.3. The number of hydrogen-bond donors (Lipinski definition) is 2. The third-order valence-electron chi connectivity index (χ3n) is 5.35. The molecule has 1 aromatic heterocycles. The molecule has 170 valence electrons. The van der Waals surface area contributed by atoms with Crippen molar-refractivity contribution in [3.8, 4) is 0 Å². The molecule has 3 aromatic rings. The second-order valence-corrected chi connectivity index (χ2v) is 8.00. The minimum atomic E-state index is -4.00. The number of nitrogens with zero attached hydrogens (tertiary/aromatic N) is 2. The lowest BCUT2D eigenvalue weighted by atomic mass is 9.66. The highest BCUT2D eigenvalue weighted by molar-refractivity contribution is 5.77. The van der Waals surface area contributed by atoms with Gasteiger partial charge in [-0.15, -0.1) is 0 Å². The summed E-state index contributed by atoms with van der Waals surface area (Å²) in [5.41, 5.74) is -3.08. The molecule has 1 aliphatic carbocycles. The molecule has 0 saturated heterocycles. The van der Waals surface area contributed by atoms with Crippen molar-refractivity contribution in [3.63, 3.8) is 0 Å². The molecule has 5 nitrogen and oxygen atoms in total. The molecule has 32 heavy (non-hydrogen) atoms. The fourth-order valence-corrected chi connectivity index (χ4v) is 4.01. The number of fused-ring (bicyclic) bond motifs is 2. The molecule has 1 aliphatic rings. The van der Waals surface area contributed by atoms with Crippen LogP contribution < -0.4 is 0 Å². The molecular weight excluding hydrogens is 405 g/mol. The SMILES string of the molecule is [2H]C([2H])([2H])N(C(=O)C[C@]1(O)[C@@H](C(C)C)c2ccc(F)cc2C([2H])([2H])C1([2H])[2H])C([2H])([2H])C([2H])([2H])C([2H])([2H])c1nc2ccccc2[nH]1. The van der Waals surface area contributed by atoms with Gasteiger partial charge in [0.25, 0.3) is 0 Å². The summed E-state index contributed by atoms with van der Waals surface area (Å²) in [6.45, 7) is -4.79. The molecule has 0 bridgehead atoms. The molecule has 2 atom stereocenters. The number of nitrogens with one attached hydrogen (secondary N) is 1. The maximum absolute atomic E-state index is 14.2. The van der Waals surface area contributed by atoms with Crippen LogP contribution in [0.4, 0.5) is 4.39 Å². The Kier molecular flexibility index (Phi) is 3.22. The van der Waals surface area contributed by atoms with Gasteiger partial charge in [0.15, 0.2) is 0 Å². The lowest BCUT2D eigenvalue weighted by Gasteiger charge is -2.43. The maximum Gasteiger partial charge on any atom is 0.225 e. The zero-order valence-corrected chi connectivity index (χ0v) is 17.5. The number of imidazole rings is 1. The van der Waals surface area contributed by atoms with Gasteiger partial charge in [0.1, 0.15) is 11.6 Å². The van der Waals surface area contributed by atoms with E-state index in [1.165, 1.54) is 26.0 Å². The molecule has 1 amide bonds. The van der Waals surface area contributed by atoms with Crippen LogP contribution in [0.15, 0.2) is 42.5 Å². The second-order valence-electron chi connectivity index (χ2n) is 8.00. The lowest BCUT2D eigenvalue weighted by molar-refractivity contribution is -0.137. The zero-order valence-electron chi connectivity index (χ0n) is 30.5. The van der Waals surface area contributed by atoms with Gasteiger partial charge in [-0.2, -0.15) is 0 Å². The summed E-state index contributed by atoms with van der Waals surface area (Å²) in [7, 11) is 0. The molecule has 0 saturated carbocycles. The predicted molar refractivity (Wildman–Crippen MR) is 124 cm³/mol. The molecular formula is C26H32FN3O2. The Bertz CT molecular complexity index is 1590. The second kappa shape index (κ2) is 9.02. The van der Waals surface area contributed by atoms with Crippen molar-refractivity contribution in [2.24, 2.45) is 5.92 Å². The Labute approximate surface area is 206 Å². The third-order valence-corrected chi connectivity index (χ3v) is 5.35. The van der Waals surface area contributed by atoms with Gasteiger partial charge in [-0.05, 0) is 60.4 Å². The normalized spacial score (nSPS) is 31.4. The number of aryl methyl sites for hydroxylation is 2. The van der Waals surface area contributed by atoms with Crippen molar-refractivity contribution in [3.05, 3.63) is 65.2 Å². The minimum absolute atomic E-state index is 0.0539. The van der Waals surface area contributed by atoms with Gasteiger partial charge in [-0.3, -0.25) is 4.79 Å². The van der Waals surface area contributed by atoms with E-state index in [2.05, 4.69) is 9.97 Å². The zero-order chi connectivity index (χ0) is 34.3. The van der Waals surface area contributed by atoms with E-state index in [9.17, 15) is 14.3 Å². The summed E-state index contributed by atoms with van der Waals surface area (Å²) in [6, 6.07) is 8.98. The number of para-hydroxylation sites is 2. The lowest BCUT2D eigenvalue weighted by Crippen LogP contribution is -2.47. The van der Waals surface area contributed by atoms with Crippen molar-refractivity contribution in [1.29, 1.82) is 0 Å². The largest absolute Gasteiger partial charge is 0.389 e. The number of benzene rings is 2. The van der Waals surface area contributed by atoms with Crippen LogP contribution in [-0.4, -0.2) is 45.0 Å². The fraction of sp³-hybridized carbons (Fsp3) is 0.462. The van der Waals surface area contributed by atoms with E-state index in [0.717, 1.165) is 18.2 Å². The van der Waals surface area contributed by atoms with Crippen LogP contribution in [0, 0.1) is 11.7 Å². The monoisotopic (exact) mass is 450 g/mol. The summed E-state index contributed by atoms with van der Waals surface area (Å²) >= 11 is 0. The van der Waals surface area contributed by atoms with Crippen LogP contribution >= 0.6 is 0 Å². The Morgan fingerprint density at radius 3 is 3.00 bits per heavy atom. The molecule has 2 aromatic carbocycles. The van der Waals surface area contributed by atoms with Crippen LogP contribution in [-0.2, 0) is 17.5 Å². The number of carbonyl (C=O) groups excluding carboxylic acids is 1. The van der Waals surface area contributed by atoms with E-state index in [-0.39, 0.29) is 16.6 Å². The number of rotatable bonds is 7. The molecule has 0 spiro atoms. The average Bonchev–Trinajstić information content (AvgIpc) is 3.32. The van der Waals surface area contributed by atoms with Gasteiger partial charge in [-0.25, -0.2) is 9.37 Å². The van der Waals surface area contributed by atoms with Crippen molar-refractivity contribution in [2.75, 3.05) is 13.5 Å².